The fourth-order valence-electron chi connectivity index (χ4n) is 5.40. The van der Waals surface area contributed by atoms with Gasteiger partial charge in [-0.25, -0.2) is 0 Å². The van der Waals surface area contributed by atoms with E-state index in [0.29, 0.717) is 25.9 Å². The number of hydrazone groups is 1. The minimum absolute atomic E-state index is 0.00539. The molecule has 1 saturated heterocycles. The van der Waals surface area contributed by atoms with E-state index < -0.39 is 0 Å². The second-order valence-corrected chi connectivity index (χ2v) is 9.61. The first-order valence-corrected chi connectivity index (χ1v) is 12.4. The van der Waals surface area contributed by atoms with Crippen molar-refractivity contribution in [3.63, 3.8) is 0 Å². The third-order valence-electron chi connectivity index (χ3n) is 7.23. The van der Waals surface area contributed by atoms with E-state index in [1.807, 2.05) is 35.2 Å². The zero-order valence-corrected chi connectivity index (χ0v) is 19.7. The molecule has 0 aromatic heterocycles. The minimum atomic E-state index is -0.280. The molecule has 5 rings (SSSR count). The molecule has 2 N–H and O–H groups in total. The molecule has 2 aliphatic heterocycles. The van der Waals surface area contributed by atoms with Gasteiger partial charge in [0.2, 0.25) is 11.8 Å². The summed E-state index contributed by atoms with van der Waals surface area (Å²) in [7, 11) is 0. The summed E-state index contributed by atoms with van der Waals surface area (Å²) in [6, 6.07) is 18.5. The van der Waals surface area contributed by atoms with Gasteiger partial charge in [0.1, 0.15) is 5.84 Å². The van der Waals surface area contributed by atoms with Gasteiger partial charge in [-0.15, -0.1) is 0 Å². The molecule has 2 aromatic carbocycles. The van der Waals surface area contributed by atoms with Crippen molar-refractivity contribution >= 4 is 17.6 Å². The summed E-state index contributed by atoms with van der Waals surface area (Å²) in [6.07, 6.45) is 4.78. The lowest BCUT2D eigenvalue weighted by atomic mass is 9.80. The summed E-state index contributed by atoms with van der Waals surface area (Å²) in [5.74, 6) is 1.11. The summed E-state index contributed by atoms with van der Waals surface area (Å²) >= 11 is 0. The van der Waals surface area contributed by atoms with Crippen molar-refractivity contribution in [1.82, 2.24) is 20.5 Å². The predicted molar refractivity (Wildman–Crippen MR) is 131 cm³/mol. The zero-order valence-electron chi connectivity index (χ0n) is 19.7. The Labute approximate surface area is 201 Å². The maximum Gasteiger partial charge on any atom is 0.231 e. The number of rotatable bonds is 7. The molecule has 3 atom stereocenters. The molecular formula is C27H33N5O2. The van der Waals surface area contributed by atoms with E-state index in [1.54, 1.807) is 0 Å². The van der Waals surface area contributed by atoms with E-state index in [4.69, 9.17) is 0 Å². The van der Waals surface area contributed by atoms with Crippen LogP contribution in [-0.2, 0) is 22.7 Å². The van der Waals surface area contributed by atoms with Gasteiger partial charge in [-0.1, -0.05) is 73.0 Å². The van der Waals surface area contributed by atoms with Gasteiger partial charge in [0.15, 0.2) is 6.29 Å². The van der Waals surface area contributed by atoms with Crippen LogP contribution in [0.1, 0.15) is 55.2 Å². The van der Waals surface area contributed by atoms with Gasteiger partial charge in [-0.3, -0.25) is 19.9 Å². The van der Waals surface area contributed by atoms with Crippen LogP contribution in [-0.4, -0.2) is 39.8 Å². The van der Waals surface area contributed by atoms with Gasteiger partial charge in [-0.05, 0) is 30.9 Å². The van der Waals surface area contributed by atoms with E-state index in [1.165, 1.54) is 5.56 Å². The number of hydrogen-bond donors (Lipinski definition) is 2. The number of amidine groups is 1. The van der Waals surface area contributed by atoms with Crippen molar-refractivity contribution in [3.8, 4) is 0 Å². The lowest BCUT2D eigenvalue weighted by molar-refractivity contribution is -0.156. The number of benzene rings is 2. The first-order chi connectivity index (χ1) is 16.6. The highest BCUT2D eigenvalue weighted by atomic mass is 16.2. The number of aryl methyl sites for hydroxylation is 1. The molecule has 34 heavy (non-hydrogen) atoms. The summed E-state index contributed by atoms with van der Waals surface area (Å²) in [5, 5.41) is 7.64. The third-order valence-corrected chi connectivity index (χ3v) is 7.23. The Bertz CT molecular complexity index is 1050. The Morgan fingerprint density at radius 1 is 1.06 bits per heavy atom. The van der Waals surface area contributed by atoms with Gasteiger partial charge in [0.05, 0.1) is 5.92 Å². The Kier molecular flexibility index (Phi) is 6.52. The number of hydrogen-bond acceptors (Lipinski definition) is 5. The quantitative estimate of drug-likeness (QED) is 0.665. The van der Waals surface area contributed by atoms with E-state index >= 15 is 0 Å². The molecule has 7 nitrogen and oxygen atoms in total. The molecule has 2 amide bonds. The van der Waals surface area contributed by atoms with Gasteiger partial charge in [0, 0.05) is 32.0 Å². The smallest absolute Gasteiger partial charge is 0.231 e. The topological polar surface area (TPSA) is 77.0 Å². The van der Waals surface area contributed by atoms with Crippen molar-refractivity contribution in [2.45, 2.75) is 70.9 Å². The summed E-state index contributed by atoms with van der Waals surface area (Å²) in [5.41, 5.74) is 6.62. The predicted octanol–water partition coefficient (Wildman–Crippen LogP) is 3.49. The highest BCUT2D eigenvalue weighted by molar-refractivity contribution is 5.91. The molecule has 2 fully saturated rings. The summed E-state index contributed by atoms with van der Waals surface area (Å²) in [6.45, 7) is 3.13. The normalized spacial score (nSPS) is 23.6. The third kappa shape index (κ3) is 4.65. The van der Waals surface area contributed by atoms with Crippen LogP contribution < -0.4 is 10.7 Å². The molecule has 178 valence electrons. The highest BCUT2D eigenvalue weighted by Gasteiger charge is 2.50. The SMILES string of the molecule is Cc1ccc(CNC(=O)CCC2=NNC3N(Cc4ccccc4)C(=O)C4CCCCC4N23)cc1. The van der Waals surface area contributed by atoms with E-state index in [9.17, 15) is 9.59 Å². The summed E-state index contributed by atoms with van der Waals surface area (Å²) < 4.78 is 0. The number of carbonyl (C=O) groups excluding carboxylic acids is 2. The lowest BCUT2D eigenvalue weighted by Crippen LogP contribution is -2.67. The van der Waals surface area contributed by atoms with Crippen molar-refractivity contribution in [3.05, 3.63) is 71.3 Å². The first-order valence-electron chi connectivity index (χ1n) is 12.4. The molecule has 7 heteroatoms. The highest BCUT2D eigenvalue weighted by Crippen LogP contribution is 2.38. The van der Waals surface area contributed by atoms with Crippen LogP contribution in [0.15, 0.2) is 59.7 Å². The van der Waals surface area contributed by atoms with Crippen molar-refractivity contribution in [1.29, 1.82) is 0 Å². The second kappa shape index (κ2) is 9.87. The first kappa shape index (κ1) is 22.4. The number of nitrogens with zero attached hydrogens (tertiary/aromatic N) is 3. The Morgan fingerprint density at radius 3 is 2.62 bits per heavy atom. The van der Waals surface area contributed by atoms with Gasteiger partial charge >= 0.3 is 0 Å². The zero-order chi connectivity index (χ0) is 23.5. The molecule has 2 aromatic rings. The lowest BCUT2D eigenvalue weighted by Gasteiger charge is -2.50. The van der Waals surface area contributed by atoms with Crippen LogP contribution in [0.3, 0.4) is 0 Å². The Balaban J connectivity index is 1.24. The average Bonchev–Trinajstić information content (AvgIpc) is 3.29. The van der Waals surface area contributed by atoms with Gasteiger partial charge in [-0.2, -0.15) is 5.10 Å². The van der Waals surface area contributed by atoms with Crippen LogP contribution in [0.4, 0.5) is 0 Å². The average molecular weight is 460 g/mol. The number of nitrogens with one attached hydrogen (secondary N) is 2. The Hall–Kier alpha value is -3.35. The largest absolute Gasteiger partial charge is 0.352 e. The van der Waals surface area contributed by atoms with E-state index in [0.717, 1.165) is 42.6 Å². The van der Waals surface area contributed by atoms with Crippen LogP contribution in [0.25, 0.3) is 0 Å². The molecule has 3 aliphatic rings. The summed E-state index contributed by atoms with van der Waals surface area (Å²) in [4.78, 5) is 30.3. The van der Waals surface area contributed by atoms with Crippen LogP contribution in [0.2, 0.25) is 0 Å². The Morgan fingerprint density at radius 2 is 1.82 bits per heavy atom. The van der Waals surface area contributed by atoms with Crippen LogP contribution >= 0.6 is 0 Å². The van der Waals surface area contributed by atoms with Crippen molar-refractivity contribution < 1.29 is 9.59 Å². The fraction of sp³-hybridized carbons (Fsp3) is 0.444. The molecule has 2 heterocycles. The van der Waals surface area contributed by atoms with Gasteiger partial charge in [0.25, 0.3) is 0 Å². The van der Waals surface area contributed by atoms with Crippen LogP contribution in [0.5, 0.6) is 0 Å². The van der Waals surface area contributed by atoms with E-state index in [2.05, 4.69) is 51.9 Å². The molecule has 0 radical (unpaired) electrons. The second-order valence-electron chi connectivity index (χ2n) is 9.61. The molecule has 1 aliphatic carbocycles. The van der Waals surface area contributed by atoms with Crippen LogP contribution in [0, 0.1) is 12.8 Å². The fourth-order valence-corrected chi connectivity index (χ4v) is 5.40. The minimum Gasteiger partial charge on any atom is -0.352 e. The van der Waals surface area contributed by atoms with Crippen molar-refractivity contribution in [2.75, 3.05) is 0 Å². The van der Waals surface area contributed by atoms with Crippen molar-refractivity contribution in [2.24, 2.45) is 11.0 Å². The molecule has 0 bridgehead atoms. The van der Waals surface area contributed by atoms with E-state index in [-0.39, 0.29) is 30.1 Å². The molecule has 0 spiro atoms. The molecule has 3 unspecified atom stereocenters. The number of fused-ring (bicyclic) bond motifs is 3. The molecular weight excluding hydrogens is 426 g/mol. The molecule has 1 saturated carbocycles. The maximum atomic E-state index is 13.5. The monoisotopic (exact) mass is 459 g/mol. The number of carbonyl (C=O) groups is 2. The van der Waals surface area contributed by atoms with Gasteiger partial charge < -0.3 is 10.2 Å². The standard InChI is InChI=1S/C27H33N5O2/c1-19-11-13-20(14-12-19)17-28-25(33)16-15-24-29-30-27-31(18-21-7-3-2-4-8-21)26(34)22-9-5-6-10-23(22)32(24)27/h2-4,7-8,11-14,22-23,27,30H,5-6,9-10,15-18H2,1H3,(H,28,33). The maximum absolute atomic E-state index is 13.5. The number of amides is 2.